The van der Waals surface area contributed by atoms with Crippen LogP contribution in [0.5, 0.6) is 11.5 Å². The molecule has 8 heteroatoms. The molecule has 0 radical (unpaired) electrons. The Morgan fingerprint density at radius 2 is 1.97 bits per heavy atom. The van der Waals surface area contributed by atoms with Gasteiger partial charge in [0.2, 0.25) is 0 Å². The van der Waals surface area contributed by atoms with Crippen molar-refractivity contribution in [2.45, 2.75) is 13.0 Å². The lowest BCUT2D eigenvalue weighted by atomic mass is 10.1. The van der Waals surface area contributed by atoms with Crippen LogP contribution in [0.25, 0.3) is 10.9 Å². The first-order chi connectivity index (χ1) is 14.5. The molecule has 2 aromatic carbocycles. The molecule has 0 saturated heterocycles. The topological polar surface area (TPSA) is 86.8 Å². The van der Waals surface area contributed by atoms with E-state index in [1.807, 2.05) is 47.4 Å². The summed E-state index contributed by atoms with van der Waals surface area (Å²) in [6, 6.07) is 14.8. The van der Waals surface area contributed by atoms with E-state index >= 15 is 0 Å². The van der Waals surface area contributed by atoms with E-state index in [4.69, 9.17) is 21.7 Å². The lowest BCUT2D eigenvalue weighted by Gasteiger charge is -2.26. The number of thiocarbonyl (C=S) groups is 1. The molecule has 3 aromatic rings. The number of aromatic amines is 1. The molecule has 0 fully saturated rings. The zero-order chi connectivity index (χ0) is 21.5. The molecule has 158 valence electrons. The maximum absolute atomic E-state index is 12.6. The van der Waals surface area contributed by atoms with Gasteiger partial charge in [0.05, 0.1) is 26.5 Å². The number of para-hydroxylation sites is 2. The number of aliphatic hydroxyl groups excluding tert-OH is 1. The molecule has 1 aromatic heterocycles. The number of nitrogens with zero attached hydrogens (tertiary/aromatic N) is 1. The number of benzene rings is 2. The first kappa shape index (κ1) is 21.6. The minimum atomic E-state index is -0.179. The van der Waals surface area contributed by atoms with Gasteiger partial charge in [-0.3, -0.25) is 4.79 Å². The molecule has 0 unspecified atom stereocenters. The van der Waals surface area contributed by atoms with Gasteiger partial charge in [0.15, 0.2) is 5.11 Å². The number of anilines is 1. The van der Waals surface area contributed by atoms with Gasteiger partial charge in [0.1, 0.15) is 11.5 Å². The second-order valence-corrected chi connectivity index (χ2v) is 7.09. The average Bonchev–Trinajstić information content (AvgIpc) is 2.76. The SMILES string of the molecule is COc1ccc2[nH]c(=O)c(CN(CCCO)C(=S)Nc3ccccc3OC)cc2c1. The van der Waals surface area contributed by atoms with E-state index in [1.54, 1.807) is 20.3 Å². The van der Waals surface area contributed by atoms with Gasteiger partial charge in [0.25, 0.3) is 5.56 Å². The van der Waals surface area contributed by atoms with Crippen LogP contribution in [0.3, 0.4) is 0 Å². The van der Waals surface area contributed by atoms with Crippen molar-refractivity contribution in [1.82, 2.24) is 9.88 Å². The summed E-state index contributed by atoms with van der Waals surface area (Å²) in [6.45, 7) is 0.815. The summed E-state index contributed by atoms with van der Waals surface area (Å²) in [5, 5.41) is 13.8. The molecule has 0 aliphatic rings. The van der Waals surface area contributed by atoms with Gasteiger partial charge < -0.3 is 29.8 Å². The lowest BCUT2D eigenvalue weighted by molar-refractivity contribution is 0.265. The number of pyridine rings is 1. The summed E-state index contributed by atoms with van der Waals surface area (Å²) in [7, 11) is 3.20. The molecule has 0 bridgehead atoms. The zero-order valence-electron chi connectivity index (χ0n) is 17.0. The number of aliphatic hydroxyl groups is 1. The van der Waals surface area contributed by atoms with Gasteiger partial charge in [-0.05, 0) is 55.0 Å². The van der Waals surface area contributed by atoms with Crippen molar-refractivity contribution in [2.75, 3.05) is 32.7 Å². The Hall–Kier alpha value is -3.10. The number of methoxy groups -OCH3 is 2. The van der Waals surface area contributed by atoms with Gasteiger partial charge in [-0.2, -0.15) is 0 Å². The van der Waals surface area contributed by atoms with Crippen LogP contribution in [0.4, 0.5) is 5.69 Å². The Morgan fingerprint density at radius 1 is 1.17 bits per heavy atom. The Labute approximate surface area is 180 Å². The highest BCUT2D eigenvalue weighted by Gasteiger charge is 2.15. The molecular weight excluding hydrogens is 402 g/mol. The molecule has 7 nitrogen and oxygen atoms in total. The van der Waals surface area contributed by atoms with Gasteiger partial charge in [0, 0.05) is 29.6 Å². The molecule has 0 saturated carbocycles. The van der Waals surface area contributed by atoms with E-state index in [2.05, 4.69) is 10.3 Å². The fourth-order valence-electron chi connectivity index (χ4n) is 3.14. The Balaban J connectivity index is 1.87. The molecule has 3 N–H and O–H groups in total. The number of H-pyrrole nitrogens is 1. The summed E-state index contributed by atoms with van der Waals surface area (Å²) >= 11 is 5.60. The summed E-state index contributed by atoms with van der Waals surface area (Å²) in [6.07, 6.45) is 0.521. The van der Waals surface area contributed by atoms with Crippen LogP contribution in [0.2, 0.25) is 0 Å². The van der Waals surface area contributed by atoms with Crippen LogP contribution in [-0.2, 0) is 6.54 Å². The van der Waals surface area contributed by atoms with E-state index < -0.39 is 0 Å². The highest BCUT2D eigenvalue weighted by Crippen LogP contribution is 2.24. The van der Waals surface area contributed by atoms with Crippen LogP contribution < -0.4 is 20.3 Å². The van der Waals surface area contributed by atoms with Crippen LogP contribution >= 0.6 is 12.2 Å². The largest absolute Gasteiger partial charge is 0.497 e. The fraction of sp³-hybridized carbons (Fsp3) is 0.273. The number of hydrogen-bond donors (Lipinski definition) is 3. The van der Waals surface area contributed by atoms with E-state index in [1.165, 1.54) is 0 Å². The molecule has 0 spiro atoms. The first-order valence-corrected chi connectivity index (χ1v) is 9.96. The normalized spacial score (nSPS) is 10.6. The van der Waals surface area contributed by atoms with E-state index in [0.717, 1.165) is 16.6 Å². The molecular formula is C22H25N3O4S. The number of hydrogen-bond acceptors (Lipinski definition) is 5. The molecule has 0 amide bonds. The third-order valence-corrected chi connectivity index (χ3v) is 5.07. The van der Waals surface area contributed by atoms with E-state index in [0.29, 0.717) is 41.7 Å². The molecule has 0 aliphatic carbocycles. The highest BCUT2D eigenvalue weighted by molar-refractivity contribution is 7.80. The quantitative estimate of drug-likeness (QED) is 0.476. The van der Waals surface area contributed by atoms with Crippen LogP contribution in [-0.4, -0.2) is 47.5 Å². The summed E-state index contributed by atoms with van der Waals surface area (Å²) in [5.41, 5.74) is 1.86. The van der Waals surface area contributed by atoms with Gasteiger partial charge in [-0.15, -0.1) is 0 Å². The Kier molecular flexibility index (Phi) is 7.26. The fourth-order valence-corrected chi connectivity index (χ4v) is 3.40. The van der Waals surface area contributed by atoms with Crippen LogP contribution in [0.15, 0.2) is 53.3 Å². The van der Waals surface area contributed by atoms with Crippen molar-refractivity contribution in [1.29, 1.82) is 0 Å². The minimum Gasteiger partial charge on any atom is -0.497 e. The van der Waals surface area contributed by atoms with Crippen molar-refractivity contribution < 1.29 is 14.6 Å². The average molecular weight is 428 g/mol. The predicted molar refractivity (Wildman–Crippen MR) is 122 cm³/mol. The van der Waals surface area contributed by atoms with Gasteiger partial charge in [-0.25, -0.2) is 0 Å². The van der Waals surface area contributed by atoms with Gasteiger partial charge >= 0.3 is 0 Å². The van der Waals surface area contributed by atoms with Crippen molar-refractivity contribution in [3.63, 3.8) is 0 Å². The third kappa shape index (κ3) is 5.08. The number of fused-ring (bicyclic) bond motifs is 1. The summed E-state index contributed by atoms with van der Waals surface area (Å²) < 4.78 is 10.6. The first-order valence-electron chi connectivity index (χ1n) is 9.55. The van der Waals surface area contributed by atoms with Crippen molar-refractivity contribution in [3.05, 3.63) is 64.4 Å². The third-order valence-electron chi connectivity index (χ3n) is 4.71. The summed E-state index contributed by atoms with van der Waals surface area (Å²) in [4.78, 5) is 17.4. The van der Waals surface area contributed by atoms with E-state index in [9.17, 15) is 9.90 Å². The number of ether oxygens (including phenoxy) is 2. The van der Waals surface area contributed by atoms with Crippen molar-refractivity contribution in [3.8, 4) is 11.5 Å². The maximum atomic E-state index is 12.6. The van der Waals surface area contributed by atoms with E-state index in [-0.39, 0.29) is 12.2 Å². The lowest BCUT2D eigenvalue weighted by Crippen LogP contribution is -2.37. The molecule has 30 heavy (non-hydrogen) atoms. The molecule has 3 rings (SSSR count). The smallest absolute Gasteiger partial charge is 0.253 e. The molecule has 0 aliphatic heterocycles. The Morgan fingerprint density at radius 3 is 2.70 bits per heavy atom. The van der Waals surface area contributed by atoms with Crippen LogP contribution in [0, 0.1) is 0 Å². The number of rotatable bonds is 8. The standard InChI is InChI=1S/C22H25N3O4S/c1-28-17-8-9-18-15(13-17)12-16(21(27)23-18)14-25(10-5-11-26)22(30)24-19-6-3-4-7-20(19)29-2/h3-4,6-9,12-13,26H,5,10-11,14H2,1-2H3,(H,23,27)(H,24,30). The second-order valence-electron chi connectivity index (χ2n) is 6.71. The van der Waals surface area contributed by atoms with Crippen molar-refractivity contribution in [2.24, 2.45) is 0 Å². The Bertz CT molecular complexity index is 1080. The number of nitrogens with one attached hydrogen (secondary N) is 2. The molecule has 1 heterocycles. The second kappa shape index (κ2) is 10.1. The number of aromatic nitrogens is 1. The van der Waals surface area contributed by atoms with Crippen molar-refractivity contribution >= 4 is 33.9 Å². The summed E-state index contributed by atoms with van der Waals surface area (Å²) in [5.74, 6) is 1.38. The van der Waals surface area contributed by atoms with Gasteiger partial charge in [-0.1, -0.05) is 12.1 Å². The zero-order valence-corrected chi connectivity index (χ0v) is 17.8. The van der Waals surface area contributed by atoms with Crippen LogP contribution in [0.1, 0.15) is 12.0 Å². The predicted octanol–water partition coefficient (Wildman–Crippen LogP) is 3.13. The monoisotopic (exact) mass is 427 g/mol. The molecule has 0 atom stereocenters. The maximum Gasteiger partial charge on any atom is 0.253 e. The highest BCUT2D eigenvalue weighted by atomic mass is 32.1. The minimum absolute atomic E-state index is 0.0268.